The van der Waals surface area contributed by atoms with Crippen LogP contribution in [0.2, 0.25) is 0 Å². The average molecular weight is 286 g/mol. The number of ether oxygens (including phenoxy) is 1. The van der Waals surface area contributed by atoms with Crippen LogP contribution in [0, 0.1) is 0 Å². The van der Waals surface area contributed by atoms with Crippen molar-refractivity contribution in [3.8, 4) is 0 Å². The molecule has 0 spiro atoms. The van der Waals surface area contributed by atoms with Crippen molar-refractivity contribution in [3.63, 3.8) is 0 Å². The number of carbonyl (C=O) groups is 1. The number of amidine groups is 1. The Bertz CT molecular complexity index is 704. The number of thiophene rings is 1. The van der Waals surface area contributed by atoms with Gasteiger partial charge in [-0.3, -0.25) is 0 Å². The molecule has 1 aromatic heterocycles. The summed E-state index contributed by atoms with van der Waals surface area (Å²) < 4.78 is 5.01. The van der Waals surface area contributed by atoms with Gasteiger partial charge in [0.2, 0.25) is 0 Å². The molecule has 3 rings (SSSR count). The zero-order valence-corrected chi connectivity index (χ0v) is 11.9. The molecule has 20 heavy (non-hydrogen) atoms. The van der Waals surface area contributed by atoms with E-state index >= 15 is 0 Å². The number of nitrogens with zero attached hydrogens (tertiary/aromatic N) is 1. The predicted octanol–water partition coefficient (Wildman–Crippen LogP) is 2.87. The Labute approximate surface area is 120 Å². The summed E-state index contributed by atoms with van der Waals surface area (Å²) in [5, 5.41) is 2.02. The lowest BCUT2D eigenvalue weighted by Gasteiger charge is -2.06. The van der Waals surface area contributed by atoms with E-state index in [1.807, 2.05) is 17.5 Å². The van der Waals surface area contributed by atoms with Gasteiger partial charge in [0.1, 0.15) is 5.84 Å². The maximum atomic E-state index is 11.8. The van der Waals surface area contributed by atoms with Crippen molar-refractivity contribution >= 4 is 28.8 Å². The summed E-state index contributed by atoms with van der Waals surface area (Å²) in [5.74, 6) is 0.170. The number of rotatable bonds is 2. The monoisotopic (exact) mass is 286 g/mol. The van der Waals surface area contributed by atoms with Gasteiger partial charge >= 0.3 is 5.97 Å². The van der Waals surface area contributed by atoms with E-state index in [1.54, 1.807) is 30.4 Å². The molecule has 4 nitrogen and oxygen atoms in total. The molecule has 5 heteroatoms. The third kappa shape index (κ3) is 2.20. The third-order valence-electron chi connectivity index (χ3n) is 3.21. The van der Waals surface area contributed by atoms with Gasteiger partial charge < -0.3 is 10.5 Å². The molecule has 2 N–H and O–H groups in total. The van der Waals surface area contributed by atoms with Crippen molar-refractivity contribution in [2.45, 2.75) is 13.3 Å². The molecule has 0 saturated heterocycles. The number of aliphatic imine (C=N–C) groups is 1. The van der Waals surface area contributed by atoms with Crippen LogP contribution in [-0.2, 0) is 11.2 Å². The van der Waals surface area contributed by atoms with Gasteiger partial charge in [-0.05, 0) is 36.1 Å². The van der Waals surface area contributed by atoms with Crippen molar-refractivity contribution in [3.05, 3.63) is 51.2 Å². The Kier molecular flexibility index (Phi) is 3.28. The van der Waals surface area contributed by atoms with E-state index in [0.29, 0.717) is 18.0 Å². The predicted molar refractivity (Wildman–Crippen MR) is 79.9 cm³/mol. The molecule has 2 aromatic rings. The lowest BCUT2D eigenvalue weighted by Crippen LogP contribution is -2.12. The molecule has 0 bridgehead atoms. The highest BCUT2D eigenvalue weighted by molar-refractivity contribution is 7.10. The topological polar surface area (TPSA) is 64.7 Å². The molecule has 1 aromatic carbocycles. The number of nitrogens with two attached hydrogens (primary N) is 1. The normalized spacial score (nSPS) is 12.9. The molecule has 102 valence electrons. The average Bonchev–Trinajstić information content (AvgIpc) is 2.84. The quantitative estimate of drug-likeness (QED) is 0.863. The number of hydrogen-bond donors (Lipinski definition) is 1. The summed E-state index contributed by atoms with van der Waals surface area (Å²) in [6.45, 7) is 2.15. The number of carbonyl (C=O) groups excluding carboxylic acids is 1. The summed E-state index contributed by atoms with van der Waals surface area (Å²) in [6.07, 6.45) is 0.787. The van der Waals surface area contributed by atoms with Gasteiger partial charge in [-0.2, -0.15) is 0 Å². The SMILES string of the molecule is CCOC(=O)c1ccc2c(c1)N=C(N)c1ccsc1C2. The van der Waals surface area contributed by atoms with Crippen LogP contribution in [0.4, 0.5) is 5.69 Å². The van der Waals surface area contributed by atoms with Gasteiger partial charge in [0.25, 0.3) is 0 Å². The fourth-order valence-corrected chi connectivity index (χ4v) is 3.13. The first-order valence-electron chi connectivity index (χ1n) is 6.40. The van der Waals surface area contributed by atoms with Crippen LogP contribution in [-0.4, -0.2) is 18.4 Å². The Morgan fingerprint density at radius 3 is 3.10 bits per heavy atom. The van der Waals surface area contributed by atoms with Gasteiger partial charge in [-0.25, -0.2) is 9.79 Å². The summed E-state index contributed by atoms with van der Waals surface area (Å²) in [6, 6.07) is 7.43. The molecular formula is C15H14N2O2S. The number of esters is 1. The Balaban J connectivity index is 2.04. The van der Waals surface area contributed by atoms with Crippen LogP contribution in [0.3, 0.4) is 0 Å². The second kappa shape index (κ2) is 5.09. The highest BCUT2D eigenvalue weighted by atomic mass is 32.1. The minimum atomic E-state index is -0.330. The zero-order valence-electron chi connectivity index (χ0n) is 11.1. The van der Waals surface area contributed by atoms with E-state index in [4.69, 9.17) is 10.5 Å². The second-order valence-electron chi connectivity index (χ2n) is 4.50. The molecule has 1 aliphatic rings. The molecule has 0 saturated carbocycles. The standard InChI is InChI=1S/C15H14N2O2S/c1-2-19-15(18)10-4-3-9-8-13-11(5-6-20-13)14(16)17-12(9)7-10/h3-7H,2,8H2,1H3,(H2,16,17). The molecule has 0 amide bonds. The summed E-state index contributed by atoms with van der Waals surface area (Å²) in [5.41, 5.74) is 9.35. The summed E-state index contributed by atoms with van der Waals surface area (Å²) >= 11 is 1.67. The van der Waals surface area contributed by atoms with Crippen molar-refractivity contribution in [2.24, 2.45) is 10.7 Å². The summed E-state index contributed by atoms with van der Waals surface area (Å²) in [7, 11) is 0. The number of benzene rings is 1. The largest absolute Gasteiger partial charge is 0.462 e. The summed E-state index contributed by atoms with van der Waals surface area (Å²) in [4.78, 5) is 17.4. The van der Waals surface area contributed by atoms with Crippen molar-refractivity contribution in [1.82, 2.24) is 0 Å². The highest BCUT2D eigenvalue weighted by Crippen LogP contribution is 2.31. The molecule has 1 aliphatic heterocycles. The third-order valence-corrected chi connectivity index (χ3v) is 4.13. The maximum Gasteiger partial charge on any atom is 0.338 e. The molecule has 0 fully saturated rings. The molecule has 0 aliphatic carbocycles. The van der Waals surface area contributed by atoms with E-state index in [9.17, 15) is 4.79 Å². The second-order valence-corrected chi connectivity index (χ2v) is 5.50. The van der Waals surface area contributed by atoms with Crippen LogP contribution >= 0.6 is 11.3 Å². The van der Waals surface area contributed by atoms with Crippen LogP contribution < -0.4 is 5.73 Å². The lowest BCUT2D eigenvalue weighted by atomic mass is 10.1. The molecule has 2 heterocycles. The van der Waals surface area contributed by atoms with Gasteiger partial charge in [0, 0.05) is 16.9 Å². The molecule has 0 unspecified atom stereocenters. The van der Waals surface area contributed by atoms with Crippen molar-refractivity contribution in [2.75, 3.05) is 6.61 Å². The van der Waals surface area contributed by atoms with E-state index in [1.165, 1.54) is 4.88 Å². The first-order chi connectivity index (χ1) is 9.69. The highest BCUT2D eigenvalue weighted by Gasteiger charge is 2.17. The van der Waals surface area contributed by atoms with E-state index in [-0.39, 0.29) is 5.97 Å². The number of hydrogen-bond acceptors (Lipinski definition) is 5. The minimum Gasteiger partial charge on any atom is -0.462 e. The molecule has 0 atom stereocenters. The smallest absolute Gasteiger partial charge is 0.338 e. The Morgan fingerprint density at radius 2 is 2.30 bits per heavy atom. The van der Waals surface area contributed by atoms with Gasteiger partial charge in [0.05, 0.1) is 17.9 Å². The van der Waals surface area contributed by atoms with Crippen LogP contribution in [0.5, 0.6) is 0 Å². The van der Waals surface area contributed by atoms with Crippen molar-refractivity contribution < 1.29 is 9.53 Å². The number of fused-ring (bicyclic) bond motifs is 2. The molecule has 0 radical (unpaired) electrons. The van der Waals surface area contributed by atoms with Gasteiger partial charge in [-0.1, -0.05) is 6.07 Å². The Morgan fingerprint density at radius 1 is 1.45 bits per heavy atom. The van der Waals surface area contributed by atoms with E-state index in [2.05, 4.69) is 4.99 Å². The minimum absolute atomic E-state index is 0.330. The first kappa shape index (κ1) is 12.9. The van der Waals surface area contributed by atoms with E-state index in [0.717, 1.165) is 23.2 Å². The van der Waals surface area contributed by atoms with Gasteiger partial charge in [-0.15, -0.1) is 11.3 Å². The zero-order chi connectivity index (χ0) is 14.1. The van der Waals surface area contributed by atoms with Crippen molar-refractivity contribution in [1.29, 1.82) is 0 Å². The molecular weight excluding hydrogens is 272 g/mol. The van der Waals surface area contributed by atoms with Crippen LogP contribution in [0.25, 0.3) is 0 Å². The fraction of sp³-hybridized carbons (Fsp3) is 0.200. The van der Waals surface area contributed by atoms with Crippen LogP contribution in [0.1, 0.15) is 33.3 Å². The Hall–Kier alpha value is -2.14. The van der Waals surface area contributed by atoms with E-state index < -0.39 is 0 Å². The van der Waals surface area contributed by atoms with Crippen LogP contribution in [0.15, 0.2) is 34.6 Å². The lowest BCUT2D eigenvalue weighted by molar-refractivity contribution is 0.0526. The van der Waals surface area contributed by atoms with Gasteiger partial charge in [0.15, 0.2) is 0 Å². The fourth-order valence-electron chi connectivity index (χ4n) is 2.23. The maximum absolute atomic E-state index is 11.8. The first-order valence-corrected chi connectivity index (χ1v) is 7.28.